The van der Waals surface area contributed by atoms with Crippen molar-refractivity contribution in [1.82, 2.24) is 15.1 Å². The van der Waals surface area contributed by atoms with E-state index in [1.54, 1.807) is 16.2 Å². The largest absolute Gasteiger partial charge is 0.340 e. The van der Waals surface area contributed by atoms with Crippen LogP contribution in [0.5, 0.6) is 0 Å². The molecule has 1 aromatic carbocycles. The number of nitrogens with one attached hydrogen (secondary N) is 1. The van der Waals surface area contributed by atoms with Gasteiger partial charge in [-0.05, 0) is 49.4 Å². The summed E-state index contributed by atoms with van der Waals surface area (Å²) >= 11 is 4.58. The van der Waals surface area contributed by atoms with Crippen LogP contribution >= 0.6 is 34.4 Å². The van der Waals surface area contributed by atoms with Crippen LogP contribution in [0.4, 0.5) is 10.8 Å². The Morgan fingerprint density at radius 2 is 2.00 bits per heavy atom. The summed E-state index contributed by atoms with van der Waals surface area (Å²) in [6, 6.07) is 8.32. The van der Waals surface area contributed by atoms with Gasteiger partial charge in [0.1, 0.15) is 0 Å². The first-order chi connectivity index (χ1) is 12.9. The minimum Gasteiger partial charge on any atom is -0.340 e. The lowest BCUT2D eigenvalue weighted by molar-refractivity contribution is -0.127. The topological polar surface area (TPSA) is 58.1 Å². The number of rotatable bonds is 7. The summed E-state index contributed by atoms with van der Waals surface area (Å²) in [7, 11) is 1.84. The van der Waals surface area contributed by atoms with Crippen molar-refractivity contribution < 1.29 is 4.79 Å². The van der Waals surface area contributed by atoms with E-state index in [2.05, 4.69) is 59.9 Å². The minimum atomic E-state index is 0.0897. The van der Waals surface area contributed by atoms with Crippen molar-refractivity contribution in [3.63, 3.8) is 0 Å². The van der Waals surface area contributed by atoms with Crippen molar-refractivity contribution in [1.29, 1.82) is 0 Å². The Bertz CT molecular complexity index is 935. The first kappa shape index (κ1) is 19.9. The van der Waals surface area contributed by atoms with Crippen LogP contribution in [0.15, 0.2) is 34.0 Å². The molecule has 8 heteroatoms. The van der Waals surface area contributed by atoms with E-state index in [-0.39, 0.29) is 5.91 Å². The van der Waals surface area contributed by atoms with Crippen LogP contribution in [0.1, 0.15) is 21.6 Å². The van der Waals surface area contributed by atoms with Gasteiger partial charge in [-0.1, -0.05) is 40.8 Å². The standard InChI is InChI=1S/C19H22N4OS3/c1-12-5-6-15(14(3)9-12)20-18-21-22-19(27-18)26-11-17(24)23(4)10-16-13(2)7-8-25-16/h5-9H,10-11H2,1-4H3,(H,20,21). The van der Waals surface area contributed by atoms with Gasteiger partial charge < -0.3 is 10.2 Å². The number of carbonyl (C=O) groups excluding carboxylic acids is 1. The van der Waals surface area contributed by atoms with Crippen LogP contribution in [0.25, 0.3) is 0 Å². The van der Waals surface area contributed by atoms with Crippen LogP contribution in [-0.4, -0.2) is 33.8 Å². The Morgan fingerprint density at radius 3 is 2.70 bits per heavy atom. The number of hydrogen-bond acceptors (Lipinski definition) is 7. The maximum Gasteiger partial charge on any atom is 0.233 e. The minimum absolute atomic E-state index is 0.0897. The number of hydrogen-bond donors (Lipinski definition) is 1. The summed E-state index contributed by atoms with van der Waals surface area (Å²) in [6.45, 7) is 6.86. The van der Waals surface area contributed by atoms with Crippen molar-refractivity contribution in [2.24, 2.45) is 0 Å². The molecule has 3 aromatic rings. The molecule has 0 saturated heterocycles. The summed E-state index contributed by atoms with van der Waals surface area (Å²) in [5.74, 6) is 0.450. The van der Waals surface area contributed by atoms with Gasteiger partial charge in [0.15, 0.2) is 4.34 Å². The summed E-state index contributed by atoms with van der Waals surface area (Å²) in [5, 5.41) is 14.5. The van der Waals surface area contributed by atoms with Crippen molar-refractivity contribution in [3.05, 3.63) is 51.2 Å². The molecule has 2 aromatic heterocycles. The van der Waals surface area contributed by atoms with Crippen molar-refractivity contribution in [2.45, 2.75) is 31.7 Å². The molecule has 1 amide bonds. The maximum absolute atomic E-state index is 12.4. The van der Waals surface area contributed by atoms with E-state index in [9.17, 15) is 4.79 Å². The fourth-order valence-corrected chi connectivity index (χ4v) is 5.15. The number of thiophene rings is 1. The van der Waals surface area contributed by atoms with Crippen LogP contribution in [0.3, 0.4) is 0 Å². The molecule has 0 saturated carbocycles. The van der Waals surface area contributed by atoms with Gasteiger partial charge in [0.05, 0.1) is 12.3 Å². The number of anilines is 2. The zero-order valence-corrected chi connectivity index (χ0v) is 18.2. The molecule has 5 nitrogen and oxygen atoms in total. The highest BCUT2D eigenvalue weighted by Crippen LogP contribution is 2.29. The Kier molecular flexibility index (Phi) is 6.51. The van der Waals surface area contributed by atoms with Gasteiger partial charge >= 0.3 is 0 Å². The number of aryl methyl sites for hydroxylation is 3. The highest BCUT2D eigenvalue weighted by atomic mass is 32.2. The second kappa shape index (κ2) is 8.86. The van der Waals surface area contributed by atoms with E-state index in [1.807, 2.05) is 13.1 Å². The van der Waals surface area contributed by atoms with Crippen LogP contribution in [-0.2, 0) is 11.3 Å². The van der Waals surface area contributed by atoms with E-state index in [1.165, 1.54) is 44.7 Å². The predicted molar refractivity (Wildman–Crippen MR) is 115 cm³/mol. The molecule has 3 rings (SSSR count). The summed E-state index contributed by atoms with van der Waals surface area (Å²) in [4.78, 5) is 15.4. The molecule has 0 aliphatic heterocycles. The van der Waals surface area contributed by atoms with Gasteiger partial charge in [-0.15, -0.1) is 21.5 Å². The van der Waals surface area contributed by atoms with E-state index in [0.717, 1.165) is 15.2 Å². The smallest absolute Gasteiger partial charge is 0.233 e. The molecule has 0 fully saturated rings. The van der Waals surface area contributed by atoms with Gasteiger partial charge in [-0.3, -0.25) is 4.79 Å². The molecule has 142 valence electrons. The van der Waals surface area contributed by atoms with Crippen molar-refractivity contribution in [2.75, 3.05) is 18.1 Å². The second-order valence-electron chi connectivity index (χ2n) is 6.38. The number of aromatic nitrogens is 2. The molecule has 0 spiro atoms. The van der Waals surface area contributed by atoms with Gasteiger partial charge in [0.25, 0.3) is 0 Å². The average molecular weight is 419 g/mol. The Labute approximate surface area is 171 Å². The molecule has 0 aliphatic carbocycles. The lowest BCUT2D eigenvalue weighted by Crippen LogP contribution is -2.27. The molecule has 2 heterocycles. The number of benzene rings is 1. The second-order valence-corrected chi connectivity index (χ2v) is 9.58. The van der Waals surface area contributed by atoms with Crippen molar-refractivity contribution in [3.8, 4) is 0 Å². The SMILES string of the molecule is Cc1ccc(Nc2nnc(SCC(=O)N(C)Cc3sccc3C)s2)c(C)c1. The zero-order valence-electron chi connectivity index (χ0n) is 15.8. The highest BCUT2D eigenvalue weighted by molar-refractivity contribution is 8.01. The number of carbonyl (C=O) groups is 1. The molecule has 0 bridgehead atoms. The lowest BCUT2D eigenvalue weighted by Gasteiger charge is -2.16. The lowest BCUT2D eigenvalue weighted by atomic mass is 10.1. The third-order valence-corrected chi connectivity index (χ3v) is 7.09. The average Bonchev–Trinajstić information content (AvgIpc) is 3.24. The molecule has 0 radical (unpaired) electrons. The van der Waals surface area contributed by atoms with Crippen LogP contribution in [0.2, 0.25) is 0 Å². The highest BCUT2D eigenvalue weighted by Gasteiger charge is 2.14. The molecular weight excluding hydrogens is 396 g/mol. The Morgan fingerprint density at radius 1 is 1.19 bits per heavy atom. The third-order valence-electron chi connectivity index (χ3n) is 4.12. The summed E-state index contributed by atoms with van der Waals surface area (Å²) in [6.07, 6.45) is 0. The fraction of sp³-hybridized carbons (Fsp3) is 0.316. The quantitative estimate of drug-likeness (QED) is 0.546. The number of amides is 1. The molecule has 1 N–H and O–H groups in total. The van der Waals surface area contributed by atoms with Gasteiger partial charge in [-0.25, -0.2) is 0 Å². The first-order valence-electron chi connectivity index (χ1n) is 8.50. The summed E-state index contributed by atoms with van der Waals surface area (Å²) < 4.78 is 0.788. The van der Waals surface area contributed by atoms with Gasteiger partial charge in [0.2, 0.25) is 11.0 Å². The maximum atomic E-state index is 12.4. The molecule has 0 aliphatic rings. The van der Waals surface area contributed by atoms with E-state index < -0.39 is 0 Å². The van der Waals surface area contributed by atoms with E-state index in [0.29, 0.717) is 12.3 Å². The molecular formula is C19H22N4OS3. The molecule has 0 unspecified atom stereocenters. The van der Waals surface area contributed by atoms with Crippen LogP contribution in [0, 0.1) is 20.8 Å². The predicted octanol–water partition coefficient (Wildman–Crippen LogP) is 5.02. The molecule has 0 atom stereocenters. The summed E-state index contributed by atoms with van der Waals surface area (Å²) in [5.41, 5.74) is 4.65. The zero-order chi connectivity index (χ0) is 19.4. The monoisotopic (exact) mass is 418 g/mol. The first-order valence-corrected chi connectivity index (χ1v) is 11.2. The fourth-order valence-electron chi connectivity index (χ4n) is 2.49. The van der Waals surface area contributed by atoms with E-state index >= 15 is 0 Å². The van der Waals surface area contributed by atoms with Crippen molar-refractivity contribution >= 4 is 51.2 Å². The van der Waals surface area contributed by atoms with E-state index in [4.69, 9.17) is 0 Å². The normalized spacial score (nSPS) is 10.8. The Hall–Kier alpha value is -1.90. The third kappa shape index (κ3) is 5.31. The van der Waals surface area contributed by atoms with Crippen LogP contribution < -0.4 is 5.32 Å². The number of thioether (sulfide) groups is 1. The Balaban J connectivity index is 1.53. The van der Waals surface area contributed by atoms with Gasteiger partial charge in [-0.2, -0.15) is 0 Å². The number of nitrogens with zero attached hydrogens (tertiary/aromatic N) is 3. The molecule has 27 heavy (non-hydrogen) atoms. The van der Waals surface area contributed by atoms with Gasteiger partial charge in [0, 0.05) is 17.6 Å².